The second-order valence-electron chi connectivity index (χ2n) is 9.19. The molecule has 0 spiro atoms. The quantitative estimate of drug-likeness (QED) is 0.175. The fraction of sp³-hybridized carbons (Fsp3) is 0.200. The molecule has 1 N–H and O–H groups in total. The van der Waals surface area contributed by atoms with Gasteiger partial charge in [0.1, 0.15) is 23.1 Å². The Morgan fingerprint density at radius 3 is 2.35 bits per heavy atom. The molecule has 0 radical (unpaired) electrons. The van der Waals surface area contributed by atoms with Crippen LogP contribution < -0.4 is 19.1 Å². The van der Waals surface area contributed by atoms with E-state index < -0.39 is 17.7 Å². The second kappa shape index (κ2) is 11.2. The highest BCUT2D eigenvalue weighted by Gasteiger charge is 2.48. The summed E-state index contributed by atoms with van der Waals surface area (Å²) < 4.78 is 16.7. The predicted molar refractivity (Wildman–Crippen MR) is 151 cm³/mol. The molecule has 0 unspecified atom stereocenters. The number of hydrogen-bond donors (Lipinski definition) is 1. The number of Topliss-reactive ketones (excluding diaryl/α,β-unsaturated/α-hetero) is 1. The van der Waals surface area contributed by atoms with Crippen LogP contribution in [0.15, 0.2) is 72.3 Å². The first-order chi connectivity index (χ1) is 19.3. The Balaban J connectivity index is 1.53. The summed E-state index contributed by atoms with van der Waals surface area (Å²) in [5, 5.41) is 20.4. The van der Waals surface area contributed by atoms with Crippen LogP contribution in [-0.4, -0.2) is 41.2 Å². The number of anilines is 1. The number of aromatic nitrogens is 2. The minimum absolute atomic E-state index is 0.0708. The molecule has 4 aromatic rings. The van der Waals surface area contributed by atoms with Crippen molar-refractivity contribution in [3.05, 3.63) is 99.6 Å². The van der Waals surface area contributed by atoms with Crippen LogP contribution in [0.25, 0.3) is 5.76 Å². The molecule has 3 aromatic carbocycles. The topological polar surface area (TPSA) is 111 Å². The molecule has 1 aliphatic heterocycles. The third-order valence-corrected chi connectivity index (χ3v) is 7.34. The van der Waals surface area contributed by atoms with Crippen molar-refractivity contribution in [2.75, 3.05) is 19.1 Å². The number of rotatable bonds is 8. The Bertz CT molecular complexity index is 1610. The van der Waals surface area contributed by atoms with Crippen molar-refractivity contribution in [1.29, 1.82) is 0 Å². The number of amides is 1. The fourth-order valence-corrected chi connectivity index (χ4v) is 5.30. The van der Waals surface area contributed by atoms with Gasteiger partial charge in [0.15, 0.2) is 11.5 Å². The van der Waals surface area contributed by atoms with Gasteiger partial charge in [-0.2, -0.15) is 0 Å². The summed E-state index contributed by atoms with van der Waals surface area (Å²) in [6.07, 6.45) is 0. The molecule has 0 bridgehead atoms. The van der Waals surface area contributed by atoms with Gasteiger partial charge in [0.2, 0.25) is 5.13 Å². The lowest BCUT2D eigenvalue weighted by molar-refractivity contribution is -0.132. The zero-order chi connectivity index (χ0) is 28.4. The number of ether oxygens (including phenoxy) is 3. The fourth-order valence-electron chi connectivity index (χ4n) is 4.58. The van der Waals surface area contributed by atoms with E-state index in [0.717, 1.165) is 11.1 Å². The van der Waals surface area contributed by atoms with Crippen molar-refractivity contribution in [3.8, 4) is 17.2 Å². The average Bonchev–Trinajstić information content (AvgIpc) is 3.51. The Morgan fingerprint density at radius 2 is 1.70 bits per heavy atom. The van der Waals surface area contributed by atoms with Gasteiger partial charge in [0.05, 0.1) is 25.8 Å². The minimum atomic E-state index is -0.968. The third-order valence-electron chi connectivity index (χ3n) is 6.50. The molecule has 9 nitrogen and oxygen atoms in total. The van der Waals surface area contributed by atoms with Gasteiger partial charge >= 0.3 is 5.91 Å². The SMILES string of the molecule is COc1ccc([C@H]2C(=C(O)c3ccc(OCc4cccc(C)c4)cc3)C(=O)C(=O)N2c2nnc(C)s2)cc1OC. The van der Waals surface area contributed by atoms with E-state index in [0.29, 0.717) is 40.0 Å². The Kier molecular flexibility index (Phi) is 7.52. The van der Waals surface area contributed by atoms with E-state index in [9.17, 15) is 14.7 Å². The average molecular weight is 558 g/mol. The highest BCUT2D eigenvalue weighted by atomic mass is 32.1. The predicted octanol–water partition coefficient (Wildman–Crippen LogP) is 5.38. The molecule has 1 amide bonds. The van der Waals surface area contributed by atoms with Gasteiger partial charge < -0.3 is 19.3 Å². The van der Waals surface area contributed by atoms with Crippen LogP contribution in [0, 0.1) is 13.8 Å². The number of carbonyl (C=O) groups excluding carboxylic acids is 2. The van der Waals surface area contributed by atoms with Crippen molar-refractivity contribution < 1.29 is 28.9 Å². The smallest absolute Gasteiger partial charge is 0.301 e. The van der Waals surface area contributed by atoms with Gasteiger partial charge in [0, 0.05) is 5.56 Å². The van der Waals surface area contributed by atoms with Gasteiger partial charge in [0.25, 0.3) is 5.78 Å². The van der Waals surface area contributed by atoms with Gasteiger partial charge in [-0.05, 0) is 61.4 Å². The number of nitrogens with zero attached hydrogens (tertiary/aromatic N) is 3. The van der Waals surface area contributed by atoms with Gasteiger partial charge in [-0.3, -0.25) is 14.5 Å². The molecule has 1 saturated heterocycles. The van der Waals surface area contributed by atoms with E-state index in [1.165, 1.54) is 30.5 Å². The summed E-state index contributed by atoms with van der Waals surface area (Å²) in [4.78, 5) is 28.0. The van der Waals surface area contributed by atoms with Crippen LogP contribution in [0.4, 0.5) is 5.13 Å². The number of benzene rings is 3. The highest BCUT2D eigenvalue weighted by Crippen LogP contribution is 2.44. The molecule has 204 valence electrons. The van der Waals surface area contributed by atoms with Crippen molar-refractivity contribution in [3.63, 3.8) is 0 Å². The van der Waals surface area contributed by atoms with Gasteiger partial charge in [-0.1, -0.05) is 47.2 Å². The molecule has 1 aromatic heterocycles. The van der Waals surface area contributed by atoms with Crippen LogP contribution in [0.3, 0.4) is 0 Å². The van der Waals surface area contributed by atoms with Gasteiger partial charge in [-0.15, -0.1) is 10.2 Å². The minimum Gasteiger partial charge on any atom is -0.507 e. The zero-order valence-corrected chi connectivity index (χ0v) is 23.2. The molecule has 0 aliphatic carbocycles. The molecule has 2 heterocycles. The molecule has 10 heteroatoms. The Hall–Kier alpha value is -4.70. The second-order valence-corrected chi connectivity index (χ2v) is 10.3. The maximum absolute atomic E-state index is 13.4. The number of aliphatic hydroxyl groups is 1. The summed E-state index contributed by atoms with van der Waals surface area (Å²) in [7, 11) is 3.01. The highest BCUT2D eigenvalue weighted by molar-refractivity contribution is 7.15. The first kappa shape index (κ1) is 26.9. The summed E-state index contributed by atoms with van der Waals surface area (Å²) in [6.45, 7) is 4.16. The summed E-state index contributed by atoms with van der Waals surface area (Å²) in [6, 6.07) is 18.8. The lowest BCUT2D eigenvalue weighted by atomic mass is 9.95. The van der Waals surface area contributed by atoms with E-state index >= 15 is 0 Å². The Labute approximate surface area is 235 Å². The third kappa shape index (κ3) is 5.13. The zero-order valence-electron chi connectivity index (χ0n) is 22.4. The van der Waals surface area contributed by atoms with Crippen molar-refractivity contribution in [2.45, 2.75) is 26.5 Å². The van der Waals surface area contributed by atoms with E-state index in [1.807, 2.05) is 31.2 Å². The molecule has 0 saturated carbocycles. The van der Waals surface area contributed by atoms with Crippen LogP contribution in [-0.2, 0) is 16.2 Å². The maximum Gasteiger partial charge on any atom is 0.301 e. The number of methoxy groups -OCH3 is 2. The number of ketones is 1. The summed E-state index contributed by atoms with van der Waals surface area (Å²) >= 11 is 1.18. The van der Waals surface area contributed by atoms with Crippen molar-refractivity contribution in [2.24, 2.45) is 0 Å². The molecule has 1 fully saturated rings. The van der Waals surface area contributed by atoms with E-state index in [4.69, 9.17) is 14.2 Å². The molecular formula is C30H27N3O6S. The van der Waals surface area contributed by atoms with E-state index in [2.05, 4.69) is 10.2 Å². The summed E-state index contributed by atoms with van der Waals surface area (Å²) in [5.41, 5.74) is 3.00. The number of hydrogen-bond acceptors (Lipinski definition) is 9. The van der Waals surface area contributed by atoms with Gasteiger partial charge in [-0.25, -0.2) is 0 Å². The van der Waals surface area contributed by atoms with Crippen LogP contribution in [0.5, 0.6) is 17.2 Å². The Morgan fingerprint density at radius 1 is 0.950 bits per heavy atom. The number of aryl methyl sites for hydroxylation is 2. The van der Waals surface area contributed by atoms with E-state index in [1.54, 1.807) is 49.4 Å². The number of aliphatic hydroxyl groups excluding tert-OH is 1. The molecule has 1 aliphatic rings. The first-order valence-corrected chi connectivity index (χ1v) is 13.2. The standard InChI is InChI=1S/C30H27N3O6S/c1-17-6-5-7-19(14-17)16-39-22-11-8-20(9-12-22)27(34)25-26(21-10-13-23(37-3)24(15-21)38-4)33(29(36)28(25)35)30-32-31-18(2)40-30/h5-15,26,34H,16H2,1-4H3/t26-/m0/s1. The lowest BCUT2D eigenvalue weighted by Crippen LogP contribution is -2.29. The van der Waals surface area contributed by atoms with Crippen molar-refractivity contribution >= 4 is 33.9 Å². The lowest BCUT2D eigenvalue weighted by Gasteiger charge is -2.23. The van der Waals surface area contributed by atoms with Crippen LogP contribution >= 0.6 is 11.3 Å². The number of carbonyl (C=O) groups is 2. The van der Waals surface area contributed by atoms with E-state index in [-0.39, 0.29) is 16.5 Å². The first-order valence-electron chi connectivity index (χ1n) is 12.4. The summed E-state index contributed by atoms with van der Waals surface area (Å²) in [5.74, 6) is -0.461. The normalized spacial score (nSPS) is 16.3. The van der Waals surface area contributed by atoms with Crippen LogP contribution in [0.1, 0.15) is 33.3 Å². The molecule has 40 heavy (non-hydrogen) atoms. The molecule has 1 atom stereocenters. The molecule has 5 rings (SSSR count). The largest absolute Gasteiger partial charge is 0.507 e. The van der Waals surface area contributed by atoms with Crippen molar-refractivity contribution in [1.82, 2.24) is 10.2 Å². The maximum atomic E-state index is 13.4. The van der Waals surface area contributed by atoms with Crippen LogP contribution in [0.2, 0.25) is 0 Å². The monoisotopic (exact) mass is 557 g/mol. The molecular weight excluding hydrogens is 530 g/mol.